The first-order valence-electron chi connectivity index (χ1n) is 7.57. The van der Waals surface area contributed by atoms with E-state index in [1.165, 1.54) is 28.2 Å². The summed E-state index contributed by atoms with van der Waals surface area (Å²) in [6.45, 7) is 0.295. The molecule has 4 rings (SSSR count). The standard InChI is InChI=1S/C18H15NO4/c20-14-8-7-13-15(16(14)21)18(23)19(17(13)22)9-11-6-5-10-3-1-2-4-12(10)11/h1-4,7-8,11,20-21H,5-6,9H2/t11-/m1/s1. The lowest BCUT2D eigenvalue weighted by atomic mass is 10.0. The second-order valence-electron chi connectivity index (χ2n) is 6.01. The molecule has 1 aliphatic carbocycles. The normalized spacial score (nSPS) is 19.1. The van der Waals surface area contributed by atoms with Crippen molar-refractivity contribution >= 4 is 11.8 Å². The third-order valence-electron chi connectivity index (χ3n) is 4.75. The minimum absolute atomic E-state index is 0.0960. The number of nitrogens with zero attached hydrogens (tertiary/aromatic N) is 1. The molecule has 0 fully saturated rings. The van der Waals surface area contributed by atoms with Crippen LogP contribution in [0.5, 0.6) is 11.5 Å². The summed E-state index contributed by atoms with van der Waals surface area (Å²) in [6, 6.07) is 10.7. The highest BCUT2D eigenvalue weighted by Crippen LogP contribution is 2.39. The molecule has 2 aromatic carbocycles. The molecule has 2 aromatic rings. The van der Waals surface area contributed by atoms with Crippen LogP contribution in [-0.4, -0.2) is 33.5 Å². The third kappa shape index (κ3) is 1.93. The minimum Gasteiger partial charge on any atom is -0.504 e. The molecule has 2 amide bonds. The molecule has 1 atom stereocenters. The molecule has 5 heteroatoms. The Morgan fingerprint density at radius 2 is 1.83 bits per heavy atom. The van der Waals surface area contributed by atoms with Crippen LogP contribution in [0, 0.1) is 0 Å². The summed E-state index contributed by atoms with van der Waals surface area (Å²) in [7, 11) is 0. The number of imide groups is 1. The van der Waals surface area contributed by atoms with E-state index in [2.05, 4.69) is 6.07 Å². The summed E-state index contributed by atoms with van der Waals surface area (Å²) < 4.78 is 0. The van der Waals surface area contributed by atoms with Gasteiger partial charge < -0.3 is 10.2 Å². The zero-order chi connectivity index (χ0) is 16.1. The maximum absolute atomic E-state index is 12.5. The number of rotatable bonds is 2. The van der Waals surface area contributed by atoms with Gasteiger partial charge in [-0.25, -0.2) is 0 Å². The first-order valence-corrected chi connectivity index (χ1v) is 7.57. The van der Waals surface area contributed by atoms with Gasteiger partial charge in [0.05, 0.1) is 11.1 Å². The zero-order valence-corrected chi connectivity index (χ0v) is 12.3. The topological polar surface area (TPSA) is 77.8 Å². The molecule has 1 heterocycles. The molecule has 2 aliphatic rings. The second-order valence-corrected chi connectivity index (χ2v) is 6.01. The van der Waals surface area contributed by atoms with Gasteiger partial charge in [0, 0.05) is 12.5 Å². The molecule has 5 nitrogen and oxygen atoms in total. The van der Waals surface area contributed by atoms with Crippen molar-refractivity contribution in [2.75, 3.05) is 6.54 Å². The highest BCUT2D eigenvalue weighted by Gasteiger charge is 2.40. The van der Waals surface area contributed by atoms with E-state index in [4.69, 9.17) is 0 Å². The number of aromatic hydroxyl groups is 2. The van der Waals surface area contributed by atoms with Crippen molar-refractivity contribution in [1.82, 2.24) is 4.90 Å². The maximum atomic E-state index is 12.5. The van der Waals surface area contributed by atoms with Crippen molar-refractivity contribution in [3.05, 3.63) is 58.7 Å². The highest BCUT2D eigenvalue weighted by molar-refractivity contribution is 6.22. The van der Waals surface area contributed by atoms with E-state index in [0.29, 0.717) is 6.54 Å². The number of benzene rings is 2. The zero-order valence-electron chi connectivity index (χ0n) is 12.3. The van der Waals surface area contributed by atoms with E-state index in [-0.39, 0.29) is 17.0 Å². The fourth-order valence-corrected chi connectivity index (χ4v) is 3.57. The van der Waals surface area contributed by atoms with Crippen molar-refractivity contribution in [3.8, 4) is 11.5 Å². The van der Waals surface area contributed by atoms with Crippen molar-refractivity contribution < 1.29 is 19.8 Å². The number of phenols is 2. The molecule has 0 aromatic heterocycles. The summed E-state index contributed by atoms with van der Waals surface area (Å²) in [4.78, 5) is 26.2. The van der Waals surface area contributed by atoms with Crippen LogP contribution in [0.1, 0.15) is 44.2 Å². The van der Waals surface area contributed by atoms with E-state index >= 15 is 0 Å². The van der Waals surface area contributed by atoms with Crippen LogP contribution in [0.4, 0.5) is 0 Å². The predicted octanol–water partition coefficient (Wildman–Crippen LogP) is 2.42. The van der Waals surface area contributed by atoms with Crippen LogP contribution in [0.15, 0.2) is 36.4 Å². The smallest absolute Gasteiger partial charge is 0.265 e. The van der Waals surface area contributed by atoms with Gasteiger partial charge in [-0.3, -0.25) is 14.5 Å². The average molecular weight is 309 g/mol. The van der Waals surface area contributed by atoms with Gasteiger partial charge in [-0.05, 0) is 36.1 Å². The summed E-state index contributed by atoms with van der Waals surface area (Å²) in [6.07, 6.45) is 1.83. The second kappa shape index (κ2) is 4.84. The van der Waals surface area contributed by atoms with E-state index in [0.717, 1.165) is 12.8 Å². The van der Waals surface area contributed by atoms with Crippen molar-refractivity contribution in [2.24, 2.45) is 0 Å². The van der Waals surface area contributed by atoms with Gasteiger partial charge in [-0.1, -0.05) is 24.3 Å². The Hall–Kier alpha value is -2.82. The van der Waals surface area contributed by atoms with E-state index in [9.17, 15) is 19.8 Å². The molecule has 0 radical (unpaired) electrons. The largest absolute Gasteiger partial charge is 0.504 e. The number of hydrogen-bond donors (Lipinski definition) is 2. The van der Waals surface area contributed by atoms with Crippen LogP contribution in [0.3, 0.4) is 0 Å². The molecule has 1 aliphatic heterocycles. The molecule has 0 saturated heterocycles. The first-order chi connectivity index (χ1) is 11.1. The Bertz CT molecular complexity index is 843. The Morgan fingerprint density at radius 3 is 2.65 bits per heavy atom. The van der Waals surface area contributed by atoms with Gasteiger partial charge in [0.1, 0.15) is 0 Å². The maximum Gasteiger partial charge on any atom is 0.265 e. The van der Waals surface area contributed by atoms with Crippen LogP contribution in [-0.2, 0) is 6.42 Å². The molecular weight excluding hydrogens is 294 g/mol. The Labute approximate surface area is 132 Å². The Morgan fingerprint density at radius 1 is 1.04 bits per heavy atom. The fourth-order valence-electron chi connectivity index (χ4n) is 3.57. The molecule has 0 bridgehead atoms. The quantitative estimate of drug-likeness (QED) is 0.660. The third-order valence-corrected chi connectivity index (χ3v) is 4.75. The number of carbonyl (C=O) groups is 2. The van der Waals surface area contributed by atoms with E-state index in [1.807, 2.05) is 18.2 Å². The predicted molar refractivity (Wildman–Crippen MR) is 82.6 cm³/mol. The van der Waals surface area contributed by atoms with E-state index in [1.54, 1.807) is 0 Å². The van der Waals surface area contributed by atoms with Crippen molar-refractivity contribution in [1.29, 1.82) is 0 Å². The fraction of sp³-hybridized carbons (Fsp3) is 0.222. The van der Waals surface area contributed by atoms with Crippen LogP contribution >= 0.6 is 0 Å². The van der Waals surface area contributed by atoms with Gasteiger partial charge in [-0.15, -0.1) is 0 Å². The summed E-state index contributed by atoms with van der Waals surface area (Å²) >= 11 is 0. The van der Waals surface area contributed by atoms with Crippen LogP contribution in [0.2, 0.25) is 0 Å². The Balaban J connectivity index is 1.66. The summed E-state index contributed by atoms with van der Waals surface area (Å²) in [5.74, 6) is -1.75. The number of aryl methyl sites for hydroxylation is 1. The lowest BCUT2D eigenvalue weighted by molar-refractivity contribution is 0.0643. The van der Waals surface area contributed by atoms with Gasteiger partial charge in [-0.2, -0.15) is 0 Å². The number of fused-ring (bicyclic) bond motifs is 2. The number of phenolic OH excluding ortho intramolecular Hbond substituents is 2. The summed E-state index contributed by atoms with van der Waals surface area (Å²) in [5, 5.41) is 19.4. The molecule has 116 valence electrons. The van der Waals surface area contributed by atoms with Crippen molar-refractivity contribution in [2.45, 2.75) is 18.8 Å². The molecule has 2 N–H and O–H groups in total. The lowest BCUT2D eigenvalue weighted by Crippen LogP contribution is -2.33. The first kappa shape index (κ1) is 13.8. The minimum atomic E-state index is -0.539. The van der Waals surface area contributed by atoms with Gasteiger partial charge >= 0.3 is 0 Å². The average Bonchev–Trinajstić information content (AvgIpc) is 3.06. The van der Waals surface area contributed by atoms with Gasteiger partial charge in [0.15, 0.2) is 11.5 Å². The number of carbonyl (C=O) groups excluding carboxylic acids is 2. The van der Waals surface area contributed by atoms with Gasteiger partial charge in [0.25, 0.3) is 11.8 Å². The molecule has 0 unspecified atom stereocenters. The number of hydrogen-bond acceptors (Lipinski definition) is 4. The number of amides is 2. The monoisotopic (exact) mass is 309 g/mol. The molecule has 0 saturated carbocycles. The van der Waals surface area contributed by atoms with E-state index < -0.39 is 23.3 Å². The van der Waals surface area contributed by atoms with Crippen LogP contribution in [0.25, 0.3) is 0 Å². The molecule has 0 spiro atoms. The van der Waals surface area contributed by atoms with Crippen LogP contribution < -0.4 is 0 Å². The molecule has 23 heavy (non-hydrogen) atoms. The van der Waals surface area contributed by atoms with Gasteiger partial charge in [0.2, 0.25) is 0 Å². The lowest BCUT2D eigenvalue weighted by Gasteiger charge is -2.19. The van der Waals surface area contributed by atoms with Crippen molar-refractivity contribution in [3.63, 3.8) is 0 Å². The molecular formula is C18H15NO4. The SMILES string of the molecule is O=C1c2ccc(O)c(O)c2C(=O)N1C[C@H]1CCc2ccccc21. The Kier molecular flexibility index (Phi) is 2.91. The highest BCUT2D eigenvalue weighted by atomic mass is 16.3. The summed E-state index contributed by atoms with van der Waals surface area (Å²) in [5.41, 5.74) is 2.49.